The van der Waals surface area contributed by atoms with Crippen LogP contribution < -0.4 is 0 Å². The van der Waals surface area contributed by atoms with Crippen LogP contribution in [0.5, 0.6) is 0 Å². The van der Waals surface area contributed by atoms with Crippen LogP contribution in [0.15, 0.2) is 12.4 Å². The second kappa shape index (κ2) is 8.95. The van der Waals surface area contributed by atoms with Crippen LogP contribution in [-0.2, 0) is 6.54 Å². The molecule has 1 N–H and O–H groups in total. The summed E-state index contributed by atoms with van der Waals surface area (Å²) < 4.78 is 2.00. The van der Waals surface area contributed by atoms with Gasteiger partial charge in [-0.1, -0.05) is 34.1 Å². The highest BCUT2D eigenvalue weighted by molar-refractivity contribution is 5.21. The van der Waals surface area contributed by atoms with E-state index in [1.807, 2.05) is 10.9 Å². The van der Waals surface area contributed by atoms with Gasteiger partial charge in [-0.3, -0.25) is 4.68 Å². The van der Waals surface area contributed by atoms with Crippen LogP contribution in [0, 0.1) is 57.7 Å². The van der Waals surface area contributed by atoms with Crippen molar-refractivity contribution in [3.8, 4) is 6.07 Å². The molecule has 0 radical (unpaired) electrons. The molecule has 188 valence electrons. The van der Waals surface area contributed by atoms with E-state index >= 15 is 0 Å². The Morgan fingerprint density at radius 3 is 2.68 bits per heavy atom. The molecular weight excluding hydrogens is 418 g/mol. The van der Waals surface area contributed by atoms with E-state index in [-0.39, 0.29) is 5.60 Å². The Hall–Kier alpha value is -1.34. The molecule has 9 atom stereocenters. The topological polar surface area (TPSA) is 61.8 Å². The third kappa shape index (κ3) is 3.76. The predicted molar refractivity (Wildman–Crippen MR) is 136 cm³/mol. The maximum Gasteiger partial charge on any atom is 0.102 e. The van der Waals surface area contributed by atoms with Crippen LogP contribution in [-0.4, -0.2) is 20.5 Å². The molecule has 1 heterocycles. The largest absolute Gasteiger partial charge is 0.390 e. The first-order valence-corrected chi connectivity index (χ1v) is 14.4. The monoisotopic (exact) mass is 465 g/mol. The molecular formula is C30H47N3O. The Balaban J connectivity index is 1.33. The zero-order valence-electron chi connectivity index (χ0n) is 22.1. The molecule has 34 heavy (non-hydrogen) atoms. The Morgan fingerprint density at radius 1 is 1.15 bits per heavy atom. The van der Waals surface area contributed by atoms with Crippen LogP contribution in [0.2, 0.25) is 0 Å². The van der Waals surface area contributed by atoms with Crippen LogP contribution >= 0.6 is 0 Å². The predicted octanol–water partition coefficient (Wildman–Crippen LogP) is 6.97. The zero-order valence-corrected chi connectivity index (χ0v) is 22.1. The van der Waals surface area contributed by atoms with E-state index in [1.165, 1.54) is 51.4 Å². The number of fused-ring (bicyclic) bond motifs is 5. The van der Waals surface area contributed by atoms with E-state index in [0.717, 1.165) is 61.8 Å². The van der Waals surface area contributed by atoms with E-state index < -0.39 is 0 Å². The van der Waals surface area contributed by atoms with E-state index in [1.54, 1.807) is 6.20 Å². The molecule has 5 rings (SSSR count). The van der Waals surface area contributed by atoms with Gasteiger partial charge in [0.2, 0.25) is 0 Å². The molecule has 0 bridgehead atoms. The number of aromatic nitrogens is 2. The molecule has 4 nitrogen and oxygen atoms in total. The summed E-state index contributed by atoms with van der Waals surface area (Å²) in [6.07, 6.45) is 18.7. The first-order chi connectivity index (χ1) is 16.3. The lowest BCUT2D eigenvalue weighted by Gasteiger charge is -2.63. The van der Waals surface area contributed by atoms with Crippen LogP contribution in [0.4, 0.5) is 0 Å². The second-order valence-corrected chi connectivity index (χ2v) is 13.2. The molecule has 0 aromatic carbocycles. The minimum absolute atomic E-state index is 0.389. The van der Waals surface area contributed by atoms with Gasteiger partial charge in [-0.05, 0) is 117 Å². The molecule has 1 aromatic heterocycles. The fourth-order valence-corrected chi connectivity index (χ4v) is 10.4. The SMILES string of the molecule is CCC[C@@]1(O)CC[C@@]2(CC)[C@H](CC[C@H]3[C@@H]4CC[C@H]([C@@H](C)Cn5cc(C#N)cn5)[C@@]4(C)CC[C@@H]32)C1. The Bertz CT molecular complexity index is 918. The van der Waals surface area contributed by atoms with Gasteiger partial charge in [0.25, 0.3) is 0 Å². The number of hydrogen-bond acceptors (Lipinski definition) is 3. The molecule has 4 saturated carbocycles. The van der Waals surface area contributed by atoms with Crippen molar-refractivity contribution < 1.29 is 5.11 Å². The first kappa shape index (κ1) is 24.4. The average molecular weight is 466 g/mol. The third-order valence-electron chi connectivity index (χ3n) is 11.9. The van der Waals surface area contributed by atoms with Crippen LogP contribution in [0.25, 0.3) is 0 Å². The van der Waals surface area contributed by atoms with Gasteiger partial charge in [-0.2, -0.15) is 10.4 Å². The minimum Gasteiger partial charge on any atom is -0.390 e. The fourth-order valence-electron chi connectivity index (χ4n) is 10.4. The average Bonchev–Trinajstić information content (AvgIpc) is 3.42. The summed E-state index contributed by atoms with van der Waals surface area (Å²) in [5, 5.41) is 24.9. The smallest absolute Gasteiger partial charge is 0.102 e. The molecule has 0 amide bonds. The zero-order chi connectivity index (χ0) is 24.1. The maximum absolute atomic E-state index is 11.3. The first-order valence-electron chi connectivity index (χ1n) is 14.4. The molecule has 1 aromatic rings. The Kier molecular flexibility index (Phi) is 6.41. The molecule has 0 aliphatic heterocycles. The van der Waals surface area contributed by atoms with Gasteiger partial charge < -0.3 is 5.11 Å². The number of aliphatic hydroxyl groups is 1. The van der Waals surface area contributed by atoms with Gasteiger partial charge in [0.1, 0.15) is 6.07 Å². The number of nitrogens with zero attached hydrogens (tertiary/aromatic N) is 3. The molecule has 4 aliphatic carbocycles. The molecule has 0 spiro atoms. The van der Waals surface area contributed by atoms with Crippen molar-refractivity contribution >= 4 is 0 Å². The molecule has 4 heteroatoms. The fraction of sp³-hybridized carbons (Fsp3) is 0.867. The quantitative estimate of drug-likeness (QED) is 0.493. The lowest BCUT2D eigenvalue weighted by atomic mass is 9.42. The van der Waals surface area contributed by atoms with Gasteiger partial charge in [-0.15, -0.1) is 0 Å². The van der Waals surface area contributed by atoms with Crippen molar-refractivity contribution in [2.45, 2.75) is 117 Å². The van der Waals surface area contributed by atoms with Crippen molar-refractivity contribution in [1.82, 2.24) is 9.78 Å². The van der Waals surface area contributed by atoms with Crippen molar-refractivity contribution in [3.05, 3.63) is 18.0 Å². The number of rotatable bonds is 6. The summed E-state index contributed by atoms with van der Waals surface area (Å²) in [4.78, 5) is 0. The number of nitriles is 1. The van der Waals surface area contributed by atoms with E-state index in [0.29, 0.717) is 22.3 Å². The van der Waals surface area contributed by atoms with E-state index in [4.69, 9.17) is 5.26 Å². The highest BCUT2D eigenvalue weighted by Gasteiger charge is 2.62. The van der Waals surface area contributed by atoms with Crippen molar-refractivity contribution in [2.24, 2.45) is 46.3 Å². The molecule has 4 aliphatic rings. The van der Waals surface area contributed by atoms with Crippen molar-refractivity contribution in [3.63, 3.8) is 0 Å². The minimum atomic E-state index is -0.389. The Labute approximate surface area is 207 Å². The van der Waals surface area contributed by atoms with Gasteiger partial charge >= 0.3 is 0 Å². The summed E-state index contributed by atoms with van der Waals surface area (Å²) in [5.74, 6) is 4.71. The standard InChI is InChI=1S/C30H47N3O/c1-5-12-29(34)14-15-30(6-2)23(16-29)7-8-24-26-10-9-25(28(26,4)13-11-27(24)30)21(3)19-33-20-22(17-31)18-32-33/h18,20-21,23-27,34H,5-16,19H2,1-4H3/t21-,23+,24-,25+,26-,27-,28+,29+,30-/m0/s1. The van der Waals surface area contributed by atoms with Crippen LogP contribution in [0.3, 0.4) is 0 Å². The second-order valence-electron chi connectivity index (χ2n) is 13.2. The van der Waals surface area contributed by atoms with Crippen LogP contribution in [0.1, 0.15) is 110 Å². The summed E-state index contributed by atoms with van der Waals surface area (Å²) >= 11 is 0. The van der Waals surface area contributed by atoms with Gasteiger partial charge in [0.05, 0.1) is 17.4 Å². The maximum atomic E-state index is 11.3. The lowest BCUT2D eigenvalue weighted by Crippen LogP contribution is -2.57. The van der Waals surface area contributed by atoms with Gasteiger partial charge in [0.15, 0.2) is 0 Å². The summed E-state index contributed by atoms with van der Waals surface area (Å²) in [6.45, 7) is 10.7. The van der Waals surface area contributed by atoms with E-state index in [2.05, 4.69) is 38.9 Å². The molecule has 4 fully saturated rings. The van der Waals surface area contributed by atoms with Gasteiger partial charge in [-0.25, -0.2) is 0 Å². The Morgan fingerprint density at radius 2 is 1.97 bits per heavy atom. The normalized spacial score (nSPS) is 44.5. The van der Waals surface area contributed by atoms with Crippen molar-refractivity contribution in [2.75, 3.05) is 0 Å². The third-order valence-corrected chi connectivity index (χ3v) is 11.9. The van der Waals surface area contributed by atoms with E-state index in [9.17, 15) is 5.11 Å². The van der Waals surface area contributed by atoms with Gasteiger partial charge in [0, 0.05) is 12.7 Å². The highest BCUT2D eigenvalue weighted by atomic mass is 16.3. The van der Waals surface area contributed by atoms with Crippen molar-refractivity contribution in [1.29, 1.82) is 5.26 Å². The highest BCUT2D eigenvalue weighted by Crippen LogP contribution is 2.69. The summed E-state index contributed by atoms with van der Waals surface area (Å²) in [5.41, 5.74) is 1.21. The molecule has 0 unspecified atom stereocenters. The molecule has 0 saturated heterocycles. The summed E-state index contributed by atoms with van der Waals surface area (Å²) in [7, 11) is 0. The summed E-state index contributed by atoms with van der Waals surface area (Å²) in [6, 6.07) is 2.22. The number of hydrogen-bond donors (Lipinski definition) is 1. The lowest BCUT2D eigenvalue weighted by molar-refractivity contribution is -0.162.